The van der Waals surface area contributed by atoms with E-state index in [-0.39, 0.29) is 16.6 Å². The molecule has 1 aromatic rings. The van der Waals surface area contributed by atoms with Crippen molar-refractivity contribution in [1.82, 2.24) is 4.98 Å². The van der Waals surface area contributed by atoms with Gasteiger partial charge in [-0.15, -0.1) is 0 Å². The fourth-order valence-corrected chi connectivity index (χ4v) is 1.59. The van der Waals surface area contributed by atoms with Crippen molar-refractivity contribution < 1.29 is 22.0 Å². The van der Waals surface area contributed by atoms with E-state index in [0.29, 0.717) is 6.07 Å². The Bertz CT molecular complexity index is 464. The molecule has 0 spiro atoms. The molecule has 0 aliphatic heterocycles. The average Bonchev–Trinajstić information content (AvgIpc) is 2.19. The molecular weight excluding hydrogens is 311 g/mol. The maximum Gasteiger partial charge on any atom is 0.418 e. The Labute approximate surface area is 101 Å². The summed E-state index contributed by atoms with van der Waals surface area (Å²) >= 11 is 2.77. The lowest BCUT2D eigenvalue weighted by molar-refractivity contribution is -0.140. The normalized spacial score (nSPS) is 11.6. The zero-order valence-electron chi connectivity index (χ0n) is 8.02. The fraction of sp³-hybridized carbons (Fsp3) is 0.333. The lowest BCUT2D eigenvalue weighted by Gasteiger charge is -2.13. The topological polar surface area (TPSA) is 36.7 Å². The van der Waals surface area contributed by atoms with E-state index in [2.05, 4.69) is 20.9 Å². The van der Waals surface area contributed by atoms with E-state index in [0.717, 1.165) is 0 Å². The van der Waals surface area contributed by atoms with Gasteiger partial charge in [0, 0.05) is 4.47 Å². The molecule has 0 saturated carbocycles. The van der Waals surface area contributed by atoms with E-state index >= 15 is 0 Å². The van der Waals surface area contributed by atoms with E-state index < -0.39 is 23.9 Å². The number of aromatic nitrogens is 1. The zero-order chi connectivity index (χ0) is 13.2. The molecule has 0 unspecified atom stereocenters. The summed E-state index contributed by atoms with van der Waals surface area (Å²) < 4.78 is 62.1. The molecule has 2 nitrogen and oxygen atoms in total. The molecule has 0 saturated heterocycles. The molecule has 0 N–H and O–H groups in total. The molecule has 0 bridgehead atoms. The van der Waals surface area contributed by atoms with Crippen molar-refractivity contribution in [2.24, 2.45) is 0 Å². The van der Waals surface area contributed by atoms with Gasteiger partial charge in [-0.2, -0.15) is 18.4 Å². The number of nitriles is 1. The van der Waals surface area contributed by atoms with Gasteiger partial charge >= 0.3 is 6.18 Å². The number of halogens is 6. The maximum absolute atomic E-state index is 12.4. The Kier molecular flexibility index (Phi) is 4.03. The third kappa shape index (κ3) is 3.12. The van der Waals surface area contributed by atoms with Crippen LogP contribution in [0.1, 0.15) is 23.4 Å². The van der Waals surface area contributed by atoms with Crippen LogP contribution >= 0.6 is 15.9 Å². The molecule has 0 radical (unpaired) electrons. The molecule has 0 aliphatic carbocycles. The van der Waals surface area contributed by atoms with Gasteiger partial charge in [0.15, 0.2) is 0 Å². The molecule has 17 heavy (non-hydrogen) atoms. The van der Waals surface area contributed by atoms with E-state index in [1.807, 2.05) is 0 Å². The van der Waals surface area contributed by atoms with E-state index in [4.69, 9.17) is 5.26 Å². The summed E-state index contributed by atoms with van der Waals surface area (Å²) in [6.07, 6.45) is -8.61. The van der Waals surface area contributed by atoms with Gasteiger partial charge in [-0.1, -0.05) is 0 Å². The summed E-state index contributed by atoms with van der Waals surface area (Å²) in [5.41, 5.74) is -3.00. The highest BCUT2D eigenvalue weighted by molar-refractivity contribution is 9.10. The molecule has 0 atom stereocenters. The number of hydrogen-bond acceptors (Lipinski definition) is 2. The Morgan fingerprint density at radius 1 is 1.41 bits per heavy atom. The Hall–Kier alpha value is -1.23. The van der Waals surface area contributed by atoms with Gasteiger partial charge in [0.25, 0.3) is 6.43 Å². The molecule has 92 valence electrons. The number of rotatable bonds is 2. The summed E-state index contributed by atoms with van der Waals surface area (Å²) in [6.45, 7) is 0. The average molecular weight is 315 g/mol. The minimum absolute atomic E-state index is 0.115. The SMILES string of the molecule is N#CCc1nc(C(F)F)c(C(F)(F)F)cc1Br. The van der Waals surface area contributed by atoms with Crippen LogP contribution in [-0.2, 0) is 12.6 Å². The van der Waals surface area contributed by atoms with Crippen LogP contribution in [0.2, 0.25) is 0 Å². The van der Waals surface area contributed by atoms with Crippen molar-refractivity contribution >= 4 is 15.9 Å². The first-order valence-corrected chi connectivity index (χ1v) is 4.98. The van der Waals surface area contributed by atoms with E-state index in [1.165, 1.54) is 0 Å². The van der Waals surface area contributed by atoms with Gasteiger partial charge in [-0.3, -0.25) is 0 Å². The van der Waals surface area contributed by atoms with Crippen LogP contribution in [-0.4, -0.2) is 4.98 Å². The predicted molar refractivity (Wildman–Crippen MR) is 51.2 cm³/mol. The minimum Gasteiger partial charge on any atom is -0.249 e. The summed E-state index contributed by atoms with van der Waals surface area (Å²) in [6, 6.07) is 2.15. The molecule has 8 heteroatoms. The quantitative estimate of drug-likeness (QED) is 0.777. The summed E-state index contributed by atoms with van der Waals surface area (Å²) in [4.78, 5) is 3.19. The van der Waals surface area contributed by atoms with Crippen molar-refractivity contribution in [3.63, 3.8) is 0 Å². The third-order valence-electron chi connectivity index (χ3n) is 1.84. The highest BCUT2D eigenvalue weighted by Crippen LogP contribution is 2.37. The summed E-state index contributed by atoms with van der Waals surface area (Å²) in [5.74, 6) is 0. The Morgan fingerprint density at radius 3 is 2.41 bits per heavy atom. The number of nitrogens with zero attached hydrogens (tertiary/aromatic N) is 2. The van der Waals surface area contributed by atoms with Crippen molar-refractivity contribution in [3.05, 3.63) is 27.5 Å². The monoisotopic (exact) mass is 314 g/mol. The number of alkyl halides is 5. The van der Waals surface area contributed by atoms with Crippen LogP contribution in [0.25, 0.3) is 0 Å². The summed E-state index contributed by atoms with van der Waals surface area (Å²) in [7, 11) is 0. The second-order valence-electron chi connectivity index (χ2n) is 2.98. The van der Waals surface area contributed by atoms with Crippen molar-refractivity contribution in [2.75, 3.05) is 0 Å². The Morgan fingerprint density at radius 2 is 2.00 bits per heavy atom. The largest absolute Gasteiger partial charge is 0.418 e. The van der Waals surface area contributed by atoms with Crippen molar-refractivity contribution in [1.29, 1.82) is 5.26 Å². The lowest BCUT2D eigenvalue weighted by atomic mass is 10.1. The predicted octanol–water partition coefficient (Wildman–Crippen LogP) is 3.87. The van der Waals surface area contributed by atoms with Crippen molar-refractivity contribution in [3.8, 4) is 6.07 Å². The minimum atomic E-state index is -4.91. The van der Waals surface area contributed by atoms with Crippen LogP contribution in [0.5, 0.6) is 0 Å². The lowest BCUT2D eigenvalue weighted by Crippen LogP contribution is -2.13. The fourth-order valence-electron chi connectivity index (χ4n) is 1.14. The first-order valence-electron chi connectivity index (χ1n) is 4.19. The molecular formula is C9H4BrF5N2. The first kappa shape index (κ1) is 13.8. The van der Waals surface area contributed by atoms with E-state index in [1.54, 1.807) is 6.07 Å². The van der Waals surface area contributed by atoms with Gasteiger partial charge in [0.2, 0.25) is 0 Å². The molecule has 1 aromatic heterocycles. The Balaban J connectivity index is 3.42. The molecule has 0 aliphatic rings. The van der Waals surface area contributed by atoms with Gasteiger partial charge in [-0.25, -0.2) is 13.8 Å². The maximum atomic E-state index is 12.4. The van der Waals surface area contributed by atoms with Crippen LogP contribution in [0.3, 0.4) is 0 Å². The van der Waals surface area contributed by atoms with Crippen LogP contribution in [0.15, 0.2) is 10.5 Å². The zero-order valence-corrected chi connectivity index (χ0v) is 9.61. The third-order valence-corrected chi connectivity index (χ3v) is 2.52. The highest BCUT2D eigenvalue weighted by atomic mass is 79.9. The van der Waals surface area contributed by atoms with Gasteiger partial charge in [-0.05, 0) is 22.0 Å². The first-order chi connectivity index (χ1) is 7.77. The summed E-state index contributed by atoms with van der Waals surface area (Å²) in [5, 5.41) is 8.38. The van der Waals surface area contributed by atoms with Crippen molar-refractivity contribution in [2.45, 2.75) is 19.0 Å². The molecule has 0 aromatic carbocycles. The second kappa shape index (κ2) is 4.96. The molecule has 0 amide bonds. The van der Waals surface area contributed by atoms with E-state index in [9.17, 15) is 22.0 Å². The van der Waals surface area contributed by atoms with Crippen LogP contribution < -0.4 is 0 Å². The van der Waals surface area contributed by atoms with Crippen LogP contribution in [0.4, 0.5) is 22.0 Å². The standard InChI is InChI=1S/C9H4BrF5N2/c10-5-3-4(9(13,14)15)7(8(11)12)17-6(5)1-2-16/h3,8H,1H2. The second-order valence-corrected chi connectivity index (χ2v) is 3.84. The van der Waals surface area contributed by atoms with Gasteiger partial charge < -0.3 is 0 Å². The number of pyridine rings is 1. The van der Waals surface area contributed by atoms with Crippen LogP contribution in [0, 0.1) is 11.3 Å². The molecule has 1 rings (SSSR count). The molecule has 1 heterocycles. The van der Waals surface area contributed by atoms with Gasteiger partial charge in [0.1, 0.15) is 5.69 Å². The highest BCUT2D eigenvalue weighted by Gasteiger charge is 2.37. The smallest absolute Gasteiger partial charge is 0.249 e. The van der Waals surface area contributed by atoms with Gasteiger partial charge in [0.05, 0.1) is 23.7 Å². The molecule has 0 fully saturated rings. The number of hydrogen-bond donors (Lipinski definition) is 0.